The molecule has 1 N–H and O–H groups in total. The van der Waals surface area contributed by atoms with E-state index >= 15 is 0 Å². The second-order valence-electron chi connectivity index (χ2n) is 4.58. The Bertz CT molecular complexity index is 413. The normalized spacial score (nSPS) is 12.1. The maximum absolute atomic E-state index is 5.67. The molecule has 0 spiro atoms. The Kier molecular flexibility index (Phi) is 4.83. The van der Waals surface area contributed by atoms with E-state index in [1.807, 2.05) is 6.07 Å². The van der Waals surface area contributed by atoms with Gasteiger partial charge < -0.3 is 9.72 Å². The van der Waals surface area contributed by atoms with Gasteiger partial charge in [-0.1, -0.05) is 39.9 Å². The minimum absolute atomic E-state index is 0.349. The Balaban J connectivity index is 3.34. The summed E-state index contributed by atoms with van der Waals surface area (Å²) in [6, 6.07) is 1.93. The molecule has 1 aromatic rings. The summed E-state index contributed by atoms with van der Waals surface area (Å²) in [6.07, 6.45) is 1.75. The minimum atomic E-state index is -0.349. The third-order valence-electron chi connectivity index (χ3n) is 3.35. The molecule has 0 aliphatic carbocycles. The monoisotopic (exact) mass is 254 g/mol. The Morgan fingerprint density at radius 2 is 2.00 bits per heavy atom. The lowest BCUT2D eigenvalue weighted by atomic mass is 9.95. The molecule has 0 radical (unpaired) electrons. The van der Waals surface area contributed by atoms with E-state index < -0.39 is 0 Å². The highest BCUT2D eigenvalue weighted by Crippen LogP contribution is 2.30. The average molecular weight is 254 g/mol. The minimum Gasteiger partial charge on any atom is -0.370 e. The van der Waals surface area contributed by atoms with E-state index in [9.17, 15) is 0 Å². The summed E-state index contributed by atoms with van der Waals surface area (Å²) in [5.74, 6) is 1.25. The van der Waals surface area contributed by atoms with Gasteiger partial charge in [0.05, 0.1) is 0 Å². The quantitative estimate of drug-likeness (QED) is 0.809. The fourth-order valence-corrected chi connectivity index (χ4v) is 2.19. The molecule has 0 amide bonds. The molecule has 4 heteroatoms. The number of hydrogen-bond acceptors (Lipinski definition) is 3. The van der Waals surface area contributed by atoms with Crippen LogP contribution in [0.25, 0.3) is 0 Å². The smallest absolute Gasteiger partial charge is 0.140 e. The van der Waals surface area contributed by atoms with Crippen molar-refractivity contribution in [3.8, 4) is 0 Å². The number of ether oxygens (including phenoxy) is 1. The van der Waals surface area contributed by atoms with Gasteiger partial charge in [0.15, 0.2) is 0 Å². The van der Waals surface area contributed by atoms with Crippen LogP contribution in [0.15, 0.2) is 6.07 Å². The summed E-state index contributed by atoms with van der Waals surface area (Å²) in [5, 5.41) is 0. The molecule has 0 saturated carbocycles. The summed E-state index contributed by atoms with van der Waals surface area (Å²) < 4.78 is 6.30. The molecule has 0 unspecified atom stereocenters. The highest BCUT2D eigenvalue weighted by Gasteiger charge is 2.31. The third kappa shape index (κ3) is 2.93. The van der Waals surface area contributed by atoms with Crippen molar-refractivity contribution in [3.05, 3.63) is 22.2 Å². The van der Waals surface area contributed by atoms with E-state index in [0.29, 0.717) is 10.6 Å². The summed E-state index contributed by atoms with van der Waals surface area (Å²) >= 11 is 5.23. The van der Waals surface area contributed by atoms with Crippen LogP contribution in [0.3, 0.4) is 0 Å². The third-order valence-corrected chi connectivity index (χ3v) is 3.56. The number of aromatic nitrogens is 2. The lowest BCUT2D eigenvalue weighted by molar-refractivity contribution is -0.0294. The number of hydrogen-bond donors (Lipinski definition) is 1. The topological polar surface area (TPSA) is 37.9 Å². The number of aromatic amines is 1. The first-order chi connectivity index (χ1) is 7.99. The zero-order valence-corrected chi connectivity index (χ0v) is 12.1. The highest BCUT2D eigenvalue weighted by molar-refractivity contribution is 7.71. The van der Waals surface area contributed by atoms with Gasteiger partial charge >= 0.3 is 0 Å². The first-order valence-corrected chi connectivity index (χ1v) is 6.56. The van der Waals surface area contributed by atoms with E-state index in [4.69, 9.17) is 17.0 Å². The van der Waals surface area contributed by atoms with Crippen LogP contribution in [0.5, 0.6) is 0 Å². The van der Waals surface area contributed by atoms with E-state index in [-0.39, 0.29) is 5.60 Å². The molecule has 1 rings (SSSR count). The van der Waals surface area contributed by atoms with Gasteiger partial charge in [0.25, 0.3) is 0 Å². The molecular formula is C13H22N2OS. The van der Waals surface area contributed by atoms with Gasteiger partial charge in [-0.2, -0.15) is 0 Å². The fraction of sp³-hybridized carbons (Fsp3) is 0.692. The SMILES string of the molecule is CCC(CC)(OC)c1nc(=S)cc(C(C)C)[nH]1. The molecule has 3 nitrogen and oxygen atoms in total. The standard InChI is InChI=1S/C13H22N2OS/c1-6-13(7-2,16-5)12-14-10(9(3)4)8-11(17)15-12/h8-9H,6-7H2,1-5H3,(H,14,15,17). The Morgan fingerprint density at radius 1 is 1.41 bits per heavy atom. The average Bonchev–Trinajstić information content (AvgIpc) is 2.31. The predicted molar refractivity (Wildman–Crippen MR) is 72.8 cm³/mol. The lowest BCUT2D eigenvalue weighted by Crippen LogP contribution is -2.30. The molecule has 0 aliphatic rings. The van der Waals surface area contributed by atoms with Crippen LogP contribution >= 0.6 is 12.2 Å². The molecule has 1 heterocycles. The van der Waals surface area contributed by atoms with Crippen LogP contribution < -0.4 is 0 Å². The highest BCUT2D eigenvalue weighted by atomic mass is 32.1. The number of nitrogens with one attached hydrogen (secondary N) is 1. The number of nitrogens with zero attached hydrogens (tertiary/aromatic N) is 1. The molecule has 0 aromatic carbocycles. The molecular weight excluding hydrogens is 232 g/mol. The number of methoxy groups -OCH3 is 1. The van der Waals surface area contributed by atoms with E-state index in [0.717, 1.165) is 24.4 Å². The molecule has 0 aliphatic heterocycles. The van der Waals surface area contributed by atoms with Gasteiger partial charge in [0, 0.05) is 12.8 Å². The molecule has 0 bridgehead atoms. The van der Waals surface area contributed by atoms with Crippen LogP contribution in [0.4, 0.5) is 0 Å². The van der Waals surface area contributed by atoms with Crippen molar-refractivity contribution >= 4 is 12.2 Å². The van der Waals surface area contributed by atoms with Crippen molar-refractivity contribution in [2.75, 3.05) is 7.11 Å². The summed E-state index contributed by atoms with van der Waals surface area (Å²) in [7, 11) is 1.73. The molecule has 17 heavy (non-hydrogen) atoms. The Hall–Kier alpha value is -0.740. The lowest BCUT2D eigenvalue weighted by Gasteiger charge is -2.29. The van der Waals surface area contributed by atoms with Crippen molar-refractivity contribution in [1.82, 2.24) is 9.97 Å². The summed E-state index contributed by atoms with van der Waals surface area (Å²) in [6.45, 7) is 8.48. The fourth-order valence-electron chi connectivity index (χ4n) is 1.97. The van der Waals surface area contributed by atoms with Crippen molar-refractivity contribution in [2.24, 2.45) is 0 Å². The first-order valence-electron chi connectivity index (χ1n) is 6.16. The van der Waals surface area contributed by atoms with Gasteiger partial charge in [0.1, 0.15) is 16.1 Å². The maximum atomic E-state index is 5.67. The van der Waals surface area contributed by atoms with E-state index in [1.165, 1.54) is 0 Å². The predicted octanol–water partition coefficient (Wildman–Crippen LogP) is 3.92. The second-order valence-corrected chi connectivity index (χ2v) is 5.00. The van der Waals surface area contributed by atoms with Gasteiger partial charge in [0.2, 0.25) is 0 Å². The van der Waals surface area contributed by atoms with Crippen LogP contribution in [-0.4, -0.2) is 17.1 Å². The molecule has 0 saturated heterocycles. The number of H-pyrrole nitrogens is 1. The van der Waals surface area contributed by atoms with Crippen molar-refractivity contribution in [1.29, 1.82) is 0 Å². The van der Waals surface area contributed by atoms with Gasteiger partial charge in [-0.05, 0) is 24.8 Å². The van der Waals surface area contributed by atoms with Crippen LogP contribution in [0.1, 0.15) is 58.0 Å². The van der Waals surface area contributed by atoms with Gasteiger partial charge in [-0.25, -0.2) is 4.98 Å². The van der Waals surface area contributed by atoms with Gasteiger partial charge in [-0.3, -0.25) is 0 Å². The summed E-state index contributed by atoms with van der Waals surface area (Å²) in [5.41, 5.74) is 0.765. The summed E-state index contributed by atoms with van der Waals surface area (Å²) in [4.78, 5) is 7.81. The van der Waals surface area contributed by atoms with E-state index in [1.54, 1.807) is 7.11 Å². The number of rotatable bonds is 5. The zero-order valence-electron chi connectivity index (χ0n) is 11.3. The largest absolute Gasteiger partial charge is 0.370 e. The molecule has 0 atom stereocenters. The van der Waals surface area contributed by atoms with Crippen LogP contribution in [0, 0.1) is 4.64 Å². The van der Waals surface area contributed by atoms with Crippen molar-refractivity contribution in [2.45, 2.75) is 52.1 Å². The Morgan fingerprint density at radius 3 is 2.41 bits per heavy atom. The zero-order chi connectivity index (χ0) is 13.1. The van der Waals surface area contributed by atoms with E-state index in [2.05, 4.69) is 37.7 Å². The van der Waals surface area contributed by atoms with Crippen molar-refractivity contribution < 1.29 is 4.74 Å². The van der Waals surface area contributed by atoms with Crippen LogP contribution in [0.2, 0.25) is 0 Å². The van der Waals surface area contributed by atoms with Gasteiger partial charge in [-0.15, -0.1) is 0 Å². The second kappa shape index (κ2) is 5.74. The van der Waals surface area contributed by atoms with Crippen molar-refractivity contribution in [3.63, 3.8) is 0 Å². The Labute approximate surface area is 109 Å². The molecule has 1 aromatic heterocycles. The van der Waals surface area contributed by atoms with Crippen LogP contribution in [-0.2, 0) is 10.3 Å². The maximum Gasteiger partial charge on any atom is 0.140 e. The first kappa shape index (κ1) is 14.3. The molecule has 96 valence electrons. The molecule has 0 fully saturated rings.